The molecular formula is C20H21N3O2S. The number of benzene rings is 1. The Hall–Kier alpha value is -2.73. The van der Waals surface area contributed by atoms with Crippen LogP contribution in [-0.4, -0.2) is 22.5 Å². The van der Waals surface area contributed by atoms with Gasteiger partial charge in [-0.2, -0.15) is 0 Å². The van der Waals surface area contributed by atoms with Crippen LogP contribution in [0.2, 0.25) is 0 Å². The molecule has 0 spiro atoms. The van der Waals surface area contributed by atoms with E-state index < -0.39 is 0 Å². The average molecular weight is 367 g/mol. The molecule has 2 aromatic heterocycles. The Morgan fingerprint density at radius 3 is 2.96 bits per heavy atom. The van der Waals surface area contributed by atoms with E-state index in [-0.39, 0.29) is 12.3 Å². The topological polar surface area (TPSA) is 64.1 Å². The molecule has 0 atom stereocenters. The second-order valence-electron chi connectivity index (χ2n) is 5.87. The SMILES string of the molecule is CCOc1ncccc1CNC(=O)Cc1csc(-c2cccc(C)c2)n1. The number of amides is 1. The number of aryl methyl sites for hydroxylation is 1. The maximum absolute atomic E-state index is 12.2. The molecule has 1 amide bonds. The number of hydrogen-bond acceptors (Lipinski definition) is 5. The zero-order valence-electron chi connectivity index (χ0n) is 14.9. The molecular weight excluding hydrogens is 346 g/mol. The molecule has 6 heteroatoms. The predicted molar refractivity (Wildman–Crippen MR) is 103 cm³/mol. The summed E-state index contributed by atoms with van der Waals surface area (Å²) in [5, 5.41) is 5.78. The van der Waals surface area contributed by atoms with Crippen LogP contribution in [-0.2, 0) is 17.8 Å². The fraction of sp³-hybridized carbons (Fsp3) is 0.250. The normalized spacial score (nSPS) is 10.5. The predicted octanol–water partition coefficient (Wildman–Crippen LogP) is 3.77. The van der Waals surface area contributed by atoms with Crippen LogP contribution >= 0.6 is 11.3 Å². The second kappa shape index (κ2) is 8.58. The summed E-state index contributed by atoms with van der Waals surface area (Å²) in [6.45, 7) is 4.89. The molecule has 0 saturated carbocycles. The lowest BCUT2D eigenvalue weighted by molar-refractivity contribution is -0.120. The van der Waals surface area contributed by atoms with E-state index in [1.54, 1.807) is 17.5 Å². The molecule has 0 aliphatic heterocycles. The molecule has 1 aromatic carbocycles. The fourth-order valence-electron chi connectivity index (χ4n) is 2.54. The average Bonchev–Trinajstić information content (AvgIpc) is 3.10. The summed E-state index contributed by atoms with van der Waals surface area (Å²) in [4.78, 5) is 21.0. The highest BCUT2D eigenvalue weighted by Crippen LogP contribution is 2.24. The molecule has 1 N–H and O–H groups in total. The molecule has 0 radical (unpaired) electrons. The van der Waals surface area contributed by atoms with E-state index in [9.17, 15) is 4.79 Å². The van der Waals surface area contributed by atoms with Crippen molar-refractivity contribution in [1.29, 1.82) is 0 Å². The van der Waals surface area contributed by atoms with Gasteiger partial charge in [-0.05, 0) is 26.0 Å². The van der Waals surface area contributed by atoms with Crippen LogP contribution in [0.1, 0.15) is 23.7 Å². The molecule has 3 rings (SSSR count). The highest BCUT2D eigenvalue weighted by atomic mass is 32.1. The fourth-order valence-corrected chi connectivity index (χ4v) is 3.36. The summed E-state index contributed by atoms with van der Waals surface area (Å²) >= 11 is 1.56. The molecule has 134 valence electrons. The van der Waals surface area contributed by atoms with Crippen molar-refractivity contribution in [2.75, 3.05) is 6.61 Å². The minimum absolute atomic E-state index is 0.0719. The van der Waals surface area contributed by atoms with E-state index in [1.165, 1.54) is 5.56 Å². The summed E-state index contributed by atoms with van der Waals surface area (Å²) in [5.74, 6) is 0.489. The Kier molecular flexibility index (Phi) is 5.96. The summed E-state index contributed by atoms with van der Waals surface area (Å²) in [6.07, 6.45) is 1.94. The smallest absolute Gasteiger partial charge is 0.226 e. The van der Waals surface area contributed by atoms with E-state index in [1.807, 2.05) is 36.6 Å². The minimum atomic E-state index is -0.0719. The van der Waals surface area contributed by atoms with E-state index in [2.05, 4.69) is 34.3 Å². The van der Waals surface area contributed by atoms with E-state index >= 15 is 0 Å². The largest absolute Gasteiger partial charge is 0.478 e. The number of nitrogens with one attached hydrogen (secondary N) is 1. The Morgan fingerprint density at radius 1 is 1.27 bits per heavy atom. The van der Waals surface area contributed by atoms with Crippen LogP contribution in [0.4, 0.5) is 0 Å². The van der Waals surface area contributed by atoms with Crippen LogP contribution in [0, 0.1) is 6.92 Å². The lowest BCUT2D eigenvalue weighted by Gasteiger charge is -2.09. The first kappa shape index (κ1) is 18.1. The number of aromatic nitrogens is 2. The van der Waals surface area contributed by atoms with Gasteiger partial charge in [-0.25, -0.2) is 9.97 Å². The Balaban J connectivity index is 1.59. The van der Waals surface area contributed by atoms with Crippen molar-refractivity contribution in [3.05, 3.63) is 64.8 Å². The van der Waals surface area contributed by atoms with Crippen molar-refractivity contribution < 1.29 is 9.53 Å². The van der Waals surface area contributed by atoms with Crippen molar-refractivity contribution in [3.8, 4) is 16.5 Å². The first-order chi connectivity index (χ1) is 12.7. The molecule has 0 unspecified atom stereocenters. The Morgan fingerprint density at radius 2 is 2.15 bits per heavy atom. The molecule has 0 aliphatic carbocycles. The maximum atomic E-state index is 12.2. The summed E-state index contributed by atoms with van der Waals surface area (Å²) in [5.41, 5.74) is 3.92. The molecule has 5 nitrogen and oxygen atoms in total. The third kappa shape index (κ3) is 4.67. The maximum Gasteiger partial charge on any atom is 0.226 e. The van der Waals surface area contributed by atoms with Gasteiger partial charge in [0.05, 0.1) is 18.7 Å². The summed E-state index contributed by atoms with van der Waals surface area (Å²) in [6, 6.07) is 11.9. The molecule has 0 fully saturated rings. The van der Waals surface area contributed by atoms with Gasteiger partial charge < -0.3 is 10.1 Å². The molecule has 0 saturated heterocycles. The number of thiazole rings is 1. The van der Waals surface area contributed by atoms with Crippen LogP contribution in [0.5, 0.6) is 5.88 Å². The number of carbonyl (C=O) groups is 1. The number of rotatable bonds is 7. The quantitative estimate of drug-likeness (QED) is 0.690. The standard InChI is InChI=1S/C20H21N3O2S/c1-3-25-19-16(8-5-9-21-19)12-22-18(24)11-17-13-26-20(23-17)15-7-4-6-14(2)10-15/h4-10,13H,3,11-12H2,1-2H3,(H,22,24). The van der Waals surface area contributed by atoms with Crippen molar-refractivity contribution in [1.82, 2.24) is 15.3 Å². The monoisotopic (exact) mass is 367 g/mol. The van der Waals surface area contributed by atoms with Crippen molar-refractivity contribution in [2.24, 2.45) is 0 Å². The molecule has 2 heterocycles. The minimum Gasteiger partial charge on any atom is -0.478 e. The number of ether oxygens (including phenoxy) is 1. The van der Waals surface area contributed by atoms with Gasteiger partial charge in [-0.15, -0.1) is 11.3 Å². The zero-order chi connectivity index (χ0) is 18.4. The van der Waals surface area contributed by atoms with Gasteiger partial charge in [-0.1, -0.05) is 29.8 Å². The van der Waals surface area contributed by atoms with E-state index in [4.69, 9.17) is 4.74 Å². The zero-order valence-corrected chi connectivity index (χ0v) is 15.7. The highest BCUT2D eigenvalue weighted by molar-refractivity contribution is 7.13. The second-order valence-corrected chi connectivity index (χ2v) is 6.73. The number of hydrogen-bond donors (Lipinski definition) is 1. The first-order valence-corrected chi connectivity index (χ1v) is 9.38. The molecule has 0 bridgehead atoms. The van der Waals surface area contributed by atoms with Gasteiger partial charge in [-0.3, -0.25) is 4.79 Å². The van der Waals surface area contributed by atoms with Crippen molar-refractivity contribution in [2.45, 2.75) is 26.8 Å². The number of pyridine rings is 1. The van der Waals surface area contributed by atoms with Gasteiger partial charge in [0.25, 0.3) is 0 Å². The van der Waals surface area contributed by atoms with Gasteiger partial charge >= 0.3 is 0 Å². The third-order valence-corrected chi connectivity index (χ3v) is 4.71. The number of carbonyl (C=O) groups excluding carboxylic acids is 1. The molecule has 0 aliphatic rings. The van der Waals surface area contributed by atoms with E-state index in [0.29, 0.717) is 19.0 Å². The lowest BCUT2D eigenvalue weighted by atomic mass is 10.1. The third-order valence-electron chi connectivity index (χ3n) is 3.77. The van der Waals surface area contributed by atoms with Gasteiger partial charge in [0.15, 0.2) is 0 Å². The van der Waals surface area contributed by atoms with Crippen LogP contribution < -0.4 is 10.1 Å². The van der Waals surface area contributed by atoms with Crippen LogP contribution in [0.25, 0.3) is 10.6 Å². The van der Waals surface area contributed by atoms with Gasteiger partial charge in [0.2, 0.25) is 11.8 Å². The number of nitrogens with zero attached hydrogens (tertiary/aromatic N) is 2. The van der Waals surface area contributed by atoms with Gasteiger partial charge in [0, 0.05) is 29.2 Å². The Bertz CT molecular complexity index is 892. The summed E-state index contributed by atoms with van der Waals surface area (Å²) < 4.78 is 5.48. The van der Waals surface area contributed by atoms with Crippen molar-refractivity contribution in [3.63, 3.8) is 0 Å². The van der Waals surface area contributed by atoms with Crippen LogP contribution in [0.3, 0.4) is 0 Å². The lowest BCUT2D eigenvalue weighted by Crippen LogP contribution is -2.25. The first-order valence-electron chi connectivity index (χ1n) is 8.50. The van der Waals surface area contributed by atoms with Gasteiger partial charge in [0.1, 0.15) is 5.01 Å². The Labute approximate surface area is 157 Å². The summed E-state index contributed by atoms with van der Waals surface area (Å²) in [7, 11) is 0. The van der Waals surface area contributed by atoms with Crippen molar-refractivity contribution >= 4 is 17.2 Å². The highest BCUT2D eigenvalue weighted by Gasteiger charge is 2.11. The van der Waals surface area contributed by atoms with E-state index in [0.717, 1.165) is 21.8 Å². The molecule has 26 heavy (non-hydrogen) atoms. The molecule has 3 aromatic rings. The van der Waals surface area contributed by atoms with Crippen LogP contribution in [0.15, 0.2) is 48.0 Å².